The average molecular weight is 166 g/mol. The van der Waals surface area contributed by atoms with Gasteiger partial charge in [-0.05, 0) is 39.0 Å². The number of aliphatic hydroxyl groups excluding tert-OH is 1. The summed E-state index contributed by atoms with van der Waals surface area (Å²) >= 11 is 0. The highest BCUT2D eigenvalue weighted by molar-refractivity contribution is 5.21. The van der Waals surface area contributed by atoms with Gasteiger partial charge in [-0.2, -0.15) is 0 Å². The molecule has 0 heterocycles. The first-order valence-corrected chi connectivity index (χ1v) is 5.15. The molecule has 0 radical (unpaired) electrons. The van der Waals surface area contributed by atoms with Gasteiger partial charge in [-0.15, -0.1) is 0 Å². The highest BCUT2D eigenvalue weighted by Crippen LogP contribution is 2.39. The van der Waals surface area contributed by atoms with Crippen LogP contribution in [0.15, 0.2) is 11.1 Å². The molecule has 0 aliphatic heterocycles. The van der Waals surface area contributed by atoms with Gasteiger partial charge in [-0.1, -0.05) is 17.6 Å². The Morgan fingerprint density at radius 3 is 2.75 bits per heavy atom. The fourth-order valence-corrected chi connectivity index (χ4v) is 2.72. The van der Waals surface area contributed by atoms with Crippen LogP contribution in [0.4, 0.5) is 0 Å². The number of allylic oxidation sites excluding steroid dienone is 1. The van der Waals surface area contributed by atoms with E-state index in [1.54, 1.807) is 11.1 Å². The van der Waals surface area contributed by atoms with E-state index in [-0.39, 0.29) is 6.10 Å². The van der Waals surface area contributed by atoms with Crippen molar-refractivity contribution in [2.45, 2.75) is 51.6 Å². The Hall–Kier alpha value is -0.300. The number of hydrogen-bond donors (Lipinski definition) is 1. The summed E-state index contributed by atoms with van der Waals surface area (Å²) in [6.45, 7) is 2.25. The summed E-state index contributed by atoms with van der Waals surface area (Å²) in [5.41, 5.74) is 3.17. The maximum absolute atomic E-state index is 9.79. The molecule has 0 unspecified atom stereocenters. The Morgan fingerprint density at radius 2 is 2.00 bits per heavy atom. The van der Waals surface area contributed by atoms with Gasteiger partial charge in [-0.3, -0.25) is 0 Å². The smallest absolute Gasteiger partial charge is 0.0608 e. The van der Waals surface area contributed by atoms with E-state index in [0.717, 1.165) is 12.8 Å². The lowest BCUT2D eigenvalue weighted by Crippen LogP contribution is -2.29. The van der Waals surface area contributed by atoms with Crippen molar-refractivity contribution in [1.29, 1.82) is 0 Å². The molecule has 0 bridgehead atoms. The molecule has 2 rings (SSSR count). The fraction of sp³-hybridized carbons (Fsp3) is 0.818. The Kier molecular flexibility index (Phi) is 2.22. The third-order valence-corrected chi connectivity index (χ3v) is 3.49. The molecule has 0 aromatic carbocycles. The van der Waals surface area contributed by atoms with Crippen molar-refractivity contribution in [1.82, 2.24) is 0 Å². The molecule has 2 atom stereocenters. The lowest BCUT2D eigenvalue weighted by Gasteiger charge is -2.35. The van der Waals surface area contributed by atoms with Crippen LogP contribution in [0.2, 0.25) is 0 Å². The average Bonchev–Trinajstić information content (AvgIpc) is 2.12. The van der Waals surface area contributed by atoms with Crippen LogP contribution in [0.1, 0.15) is 45.4 Å². The minimum absolute atomic E-state index is 0.0241. The van der Waals surface area contributed by atoms with Crippen molar-refractivity contribution >= 4 is 0 Å². The zero-order valence-corrected chi connectivity index (χ0v) is 7.84. The van der Waals surface area contributed by atoms with Crippen molar-refractivity contribution in [2.75, 3.05) is 0 Å². The number of aliphatic hydroxyl groups is 1. The van der Waals surface area contributed by atoms with Gasteiger partial charge in [0.25, 0.3) is 0 Å². The Labute approximate surface area is 74.5 Å². The second-order valence-corrected chi connectivity index (χ2v) is 4.26. The Morgan fingerprint density at radius 1 is 1.17 bits per heavy atom. The standard InChI is InChI=1S/C11H18O/c1-8-6-7-11(12)10-5-3-2-4-9(8)10/h10-12H,2-7H2,1H3/t10-,11+/m0/s1. The van der Waals surface area contributed by atoms with E-state index < -0.39 is 0 Å². The van der Waals surface area contributed by atoms with E-state index in [0.29, 0.717) is 5.92 Å². The largest absolute Gasteiger partial charge is 0.392 e. The van der Waals surface area contributed by atoms with Crippen molar-refractivity contribution in [3.8, 4) is 0 Å². The molecular formula is C11H18O. The number of fused-ring (bicyclic) bond motifs is 1. The second kappa shape index (κ2) is 3.21. The van der Waals surface area contributed by atoms with E-state index in [1.165, 1.54) is 25.7 Å². The summed E-state index contributed by atoms with van der Waals surface area (Å²) in [6, 6.07) is 0. The van der Waals surface area contributed by atoms with Crippen LogP contribution >= 0.6 is 0 Å². The molecule has 1 fully saturated rings. The Bertz CT molecular complexity index is 205. The van der Waals surface area contributed by atoms with Crippen molar-refractivity contribution in [3.05, 3.63) is 11.1 Å². The molecule has 1 saturated carbocycles. The first kappa shape index (κ1) is 8.31. The molecular weight excluding hydrogens is 148 g/mol. The lowest BCUT2D eigenvalue weighted by molar-refractivity contribution is 0.0937. The van der Waals surface area contributed by atoms with E-state index in [1.807, 2.05) is 0 Å². The Balaban J connectivity index is 2.23. The third-order valence-electron chi connectivity index (χ3n) is 3.49. The fourth-order valence-electron chi connectivity index (χ4n) is 2.72. The van der Waals surface area contributed by atoms with Crippen LogP contribution in [0.5, 0.6) is 0 Å². The molecule has 2 aliphatic carbocycles. The van der Waals surface area contributed by atoms with Gasteiger partial charge in [-0.25, -0.2) is 0 Å². The molecule has 68 valence electrons. The molecule has 0 amide bonds. The van der Waals surface area contributed by atoms with Gasteiger partial charge in [0.05, 0.1) is 6.10 Å². The minimum Gasteiger partial charge on any atom is -0.392 e. The first-order chi connectivity index (χ1) is 5.79. The normalized spacial score (nSPS) is 36.5. The van der Waals surface area contributed by atoms with Gasteiger partial charge < -0.3 is 5.11 Å². The summed E-state index contributed by atoms with van der Waals surface area (Å²) in [5, 5.41) is 9.79. The maximum atomic E-state index is 9.79. The highest BCUT2D eigenvalue weighted by Gasteiger charge is 2.30. The van der Waals surface area contributed by atoms with E-state index in [4.69, 9.17) is 0 Å². The van der Waals surface area contributed by atoms with Crippen LogP contribution in [-0.4, -0.2) is 11.2 Å². The van der Waals surface area contributed by atoms with Crippen LogP contribution < -0.4 is 0 Å². The van der Waals surface area contributed by atoms with Gasteiger partial charge in [0.15, 0.2) is 0 Å². The predicted molar refractivity (Wildman–Crippen MR) is 49.9 cm³/mol. The zero-order chi connectivity index (χ0) is 8.55. The summed E-state index contributed by atoms with van der Waals surface area (Å²) in [6.07, 6.45) is 7.26. The number of rotatable bonds is 0. The monoisotopic (exact) mass is 166 g/mol. The summed E-state index contributed by atoms with van der Waals surface area (Å²) in [7, 11) is 0. The van der Waals surface area contributed by atoms with Crippen molar-refractivity contribution in [2.24, 2.45) is 5.92 Å². The predicted octanol–water partition coefficient (Wildman–Crippen LogP) is 2.65. The van der Waals surface area contributed by atoms with Crippen LogP contribution in [0.25, 0.3) is 0 Å². The summed E-state index contributed by atoms with van der Waals surface area (Å²) < 4.78 is 0. The van der Waals surface area contributed by atoms with Gasteiger partial charge in [0.1, 0.15) is 0 Å². The molecule has 0 aromatic rings. The zero-order valence-electron chi connectivity index (χ0n) is 7.84. The van der Waals surface area contributed by atoms with Crippen LogP contribution in [0.3, 0.4) is 0 Å². The van der Waals surface area contributed by atoms with E-state index in [2.05, 4.69) is 6.92 Å². The molecule has 0 saturated heterocycles. The molecule has 1 N–H and O–H groups in total. The van der Waals surface area contributed by atoms with Crippen LogP contribution in [-0.2, 0) is 0 Å². The van der Waals surface area contributed by atoms with E-state index >= 15 is 0 Å². The first-order valence-electron chi connectivity index (χ1n) is 5.15. The van der Waals surface area contributed by atoms with E-state index in [9.17, 15) is 5.11 Å². The molecule has 12 heavy (non-hydrogen) atoms. The molecule has 0 aromatic heterocycles. The van der Waals surface area contributed by atoms with Crippen LogP contribution in [0, 0.1) is 5.92 Å². The molecule has 0 spiro atoms. The lowest BCUT2D eigenvalue weighted by atomic mass is 9.73. The third kappa shape index (κ3) is 1.31. The quantitative estimate of drug-likeness (QED) is 0.548. The van der Waals surface area contributed by atoms with Gasteiger partial charge in [0.2, 0.25) is 0 Å². The van der Waals surface area contributed by atoms with Crippen molar-refractivity contribution < 1.29 is 5.11 Å². The maximum Gasteiger partial charge on any atom is 0.0608 e. The molecule has 1 nitrogen and oxygen atoms in total. The van der Waals surface area contributed by atoms with Gasteiger partial charge in [0, 0.05) is 5.92 Å². The SMILES string of the molecule is CC1=C2CCCC[C@@H]2[C@H](O)CC1. The second-order valence-electron chi connectivity index (χ2n) is 4.26. The van der Waals surface area contributed by atoms with Gasteiger partial charge >= 0.3 is 0 Å². The molecule has 2 aliphatic rings. The minimum atomic E-state index is -0.0241. The number of hydrogen-bond acceptors (Lipinski definition) is 1. The summed E-state index contributed by atoms with van der Waals surface area (Å²) in [4.78, 5) is 0. The summed E-state index contributed by atoms with van der Waals surface area (Å²) in [5.74, 6) is 0.535. The highest BCUT2D eigenvalue weighted by atomic mass is 16.3. The molecule has 1 heteroatoms. The topological polar surface area (TPSA) is 20.2 Å². The van der Waals surface area contributed by atoms with Crippen molar-refractivity contribution in [3.63, 3.8) is 0 Å².